The molecule has 106 valence electrons. The molecule has 1 aliphatic heterocycles. The Labute approximate surface area is 108 Å². The highest BCUT2D eigenvalue weighted by molar-refractivity contribution is 7.93. The van der Waals surface area contributed by atoms with E-state index in [1.54, 1.807) is 0 Å². The molecule has 0 spiro atoms. The van der Waals surface area contributed by atoms with Crippen LogP contribution in [-0.4, -0.2) is 57.8 Å². The van der Waals surface area contributed by atoms with Crippen LogP contribution in [0.2, 0.25) is 0 Å². The number of rotatable bonds is 5. The maximum absolute atomic E-state index is 12.0. The molecule has 0 radical (unpaired) electrons. The fourth-order valence-corrected chi connectivity index (χ4v) is 4.96. The van der Waals surface area contributed by atoms with Crippen molar-refractivity contribution in [2.75, 3.05) is 30.9 Å². The van der Waals surface area contributed by atoms with Gasteiger partial charge in [-0.25, -0.2) is 21.1 Å². The number of nitrogens with zero attached hydrogens (tertiary/aromatic N) is 1. The number of sulfone groups is 1. The Kier molecular flexibility index (Phi) is 4.73. The van der Waals surface area contributed by atoms with Gasteiger partial charge in [0, 0.05) is 25.3 Å². The van der Waals surface area contributed by atoms with Gasteiger partial charge in [0.2, 0.25) is 10.0 Å². The molecule has 0 saturated carbocycles. The van der Waals surface area contributed by atoms with Crippen LogP contribution in [0.4, 0.5) is 0 Å². The van der Waals surface area contributed by atoms with E-state index >= 15 is 0 Å². The van der Waals surface area contributed by atoms with Gasteiger partial charge in [-0.2, -0.15) is 0 Å². The van der Waals surface area contributed by atoms with E-state index in [2.05, 4.69) is 0 Å². The van der Waals surface area contributed by atoms with Crippen LogP contribution in [0.1, 0.15) is 12.8 Å². The number of nitrogens with one attached hydrogen (secondary N) is 1. The van der Waals surface area contributed by atoms with Gasteiger partial charge in [0.25, 0.3) is 0 Å². The van der Waals surface area contributed by atoms with E-state index in [0.717, 1.165) is 6.26 Å². The summed E-state index contributed by atoms with van der Waals surface area (Å²) in [7, 11) is -6.88. The van der Waals surface area contributed by atoms with Gasteiger partial charge < -0.3 is 5.73 Å². The molecule has 0 bridgehead atoms. The van der Waals surface area contributed by atoms with Gasteiger partial charge >= 0.3 is 0 Å². The van der Waals surface area contributed by atoms with Crippen LogP contribution in [-0.2, 0) is 19.9 Å². The zero-order valence-corrected chi connectivity index (χ0v) is 11.9. The van der Waals surface area contributed by atoms with E-state index in [-0.39, 0.29) is 24.1 Å². The minimum Gasteiger partial charge on any atom is -0.387 e. The first-order chi connectivity index (χ1) is 8.12. The molecule has 9 heteroatoms. The van der Waals surface area contributed by atoms with E-state index in [1.807, 2.05) is 0 Å². The van der Waals surface area contributed by atoms with Crippen LogP contribution in [0.25, 0.3) is 0 Å². The van der Waals surface area contributed by atoms with Gasteiger partial charge in [-0.15, -0.1) is 0 Å². The SMILES string of the molecule is CS(=O)(=O)CCS(=O)(=O)N1CCCC(C(=N)N)C1. The topological polar surface area (TPSA) is 121 Å². The Morgan fingerprint density at radius 2 is 1.94 bits per heavy atom. The summed E-state index contributed by atoms with van der Waals surface area (Å²) in [6.45, 7) is 0.553. The molecular formula is C9H19N3O4S2. The van der Waals surface area contributed by atoms with E-state index in [4.69, 9.17) is 11.1 Å². The molecule has 3 N–H and O–H groups in total. The Morgan fingerprint density at radius 3 is 2.44 bits per heavy atom. The normalized spacial score (nSPS) is 22.8. The van der Waals surface area contributed by atoms with Crippen molar-refractivity contribution < 1.29 is 16.8 Å². The van der Waals surface area contributed by atoms with E-state index in [9.17, 15) is 16.8 Å². The van der Waals surface area contributed by atoms with Crippen LogP contribution in [0.15, 0.2) is 0 Å². The fraction of sp³-hybridized carbons (Fsp3) is 0.889. The zero-order valence-electron chi connectivity index (χ0n) is 10.3. The molecule has 1 fully saturated rings. The molecule has 0 aliphatic carbocycles. The predicted molar refractivity (Wildman–Crippen MR) is 69.7 cm³/mol. The van der Waals surface area contributed by atoms with Gasteiger partial charge in [-0.05, 0) is 12.8 Å². The molecule has 1 unspecified atom stereocenters. The lowest BCUT2D eigenvalue weighted by atomic mass is 9.99. The standard InChI is InChI=1S/C9H19N3O4S2/c1-17(13,14)5-6-18(15,16)12-4-2-3-8(7-12)9(10)11/h8H,2-7H2,1H3,(H3,10,11). The highest BCUT2D eigenvalue weighted by Gasteiger charge is 2.30. The van der Waals surface area contributed by atoms with Crippen molar-refractivity contribution in [2.45, 2.75) is 12.8 Å². The zero-order chi connectivity index (χ0) is 14.0. The van der Waals surface area contributed by atoms with Crippen LogP contribution >= 0.6 is 0 Å². The quantitative estimate of drug-likeness (QED) is 0.498. The third-order valence-electron chi connectivity index (χ3n) is 2.93. The van der Waals surface area contributed by atoms with Crippen molar-refractivity contribution in [3.8, 4) is 0 Å². The molecule has 0 aromatic heterocycles. The summed E-state index contributed by atoms with van der Waals surface area (Å²) in [6, 6.07) is 0. The molecule has 1 atom stereocenters. The molecule has 1 heterocycles. The van der Waals surface area contributed by atoms with Crippen LogP contribution in [0, 0.1) is 11.3 Å². The molecule has 1 aliphatic rings. The number of piperidine rings is 1. The molecular weight excluding hydrogens is 278 g/mol. The lowest BCUT2D eigenvalue weighted by Gasteiger charge is -2.31. The summed E-state index contributed by atoms with van der Waals surface area (Å²) in [5.41, 5.74) is 5.38. The maximum atomic E-state index is 12.0. The molecule has 7 nitrogen and oxygen atoms in total. The van der Waals surface area contributed by atoms with E-state index in [1.165, 1.54) is 4.31 Å². The Bertz CT molecular complexity index is 512. The van der Waals surface area contributed by atoms with Crippen molar-refractivity contribution >= 4 is 25.7 Å². The molecule has 0 amide bonds. The second kappa shape index (κ2) is 5.54. The van der Waals surface area contributed by atoms with Crippen molar-refractivity contribution in [3.05, 3.63) is 0 Å². The molecule has 0 aromatic carbocycles. The minimum absolute atomic E-state index is 0.0157. The molecule has 1 saturated heterocycles. The lowest BCUT2D eigenvalue weighted by molar-refractivity contribution is 0.311. The first kappa shape index (κ1) is 15.4. The second-order valence-corrected chi connectivity index (χ2v) is 8.95. The van der Waals surface area contributed by atoms with E-state index < -0.39 is 25.6 Å². The summed E-state index contributed by atoms with van der Waals surface area (Å²) >= 11 is 0. The van der Waals surface area contributed by atoms with Gasteiger partial charge in [0.15, 0.2) is 0 Å². The smallest absolute Gasteiger partial charge is 0.215 e. The summed E-state index contributed by atoms with van der Waals surface area (Å²) in [5.74, 6) is -1.06. The van der Waals surface area contributed by atoms with Gasteiger partial charge in [-0.1, -0.05) is 0 Å². The largest absolute Gasteiger partial charge is 0.387 e. The third kappa shape index (κ3) is 4.54. The Hall–Kier alpha value is -0.670. The Balaban J connectivity index is 2.70. The number of amidine groups is 1. The average molecular weight is 297 g/mol. The number of hydrogen-bond acceptors (Lipinski definition) is 5. The third-order valence-corrected chi connectivity index (χ3v) is 5.97. The van der Waals surface area contributed by atoms with Crippen molar-refractivity contribution in [2.24, 2.45) is 11.7 Å². The van der Waals surface area contributed by atoms with E-state index in [0.29, 0.717) is 19.4 Å². The Morgan fingerprint density at radius 1 is 1.33 bits per heavy atom. The highest BCUT2D eigenvalue weighted by Crippen LogP contribution is 2.19. The maximum Gasteiger partial charge on any atom is 0.215 e. The fourth-order valence-electron chi connectivity index (χ4n) is 1.83. The first-order valence-electron chi connectivity index (χ1n) is 5.61. The lowest BCUT2D eigenvalue weighted by Crippen LogP contribution is -2.45. The summed E-state index contributed by atoms with van der Waals surface area (Å²) in [5, 5.41) is 7.34. The second-order valence-electron chi connectivity index (χ2n) is 4.60. The average Bonchev–Trinajstić information content (AvgIpc) is 2.26. The van der Waals surface area contributed by atoms with Crippen molar-refractivity contribution in [3.63, 3.8) is 0 Å². The van der Waals surface area contributed by atoms with Crippen LogP contribution in [0.5, 0.6) is 0 Å². The monoisotopic (exact) mass is 297 g/mol. The molecule has 0 aromatic rings. The van der Waals surface area contributed by atoms with Gasteiger partial charge in [0.05, 0.1) is 17.3 Å². The predicted octanol–water partition coefficient (Wildman–Crippen LogP) is -0.991. The van der Waals surface area contributed by atoms with Gasteiger partial charge in [0.1, 0.15) is 9.84 Å². The first-order valence-corrected chi connectivity index (χ1v) is 9.28. The van der Waals surface area contributed by atoms with Crippen LogP contribution in [0.3, 0.4) is 0 Å². The summed E-state index contributed by atoms with van der Waals surface area (Å²) in [4.78, 5) is 0. The van der Waals surface area contributed by atoms with Crippen molar-refractivity contribution in [1.82, 2.24) is 4.31 Å². The molecule has 18 heavy (non-hydrogen) atoms. The number of nitrogens with two attached hydrogens (primary N) is 1. The molecule has 1 rings (SSSR count). The van der Waals surface area contributed by atoms with Crippen molar-refractivity contribution in [1.29, 1.82) is 5.41 Å². The number of sulfonamides is 1. The number of hydrogen-bond donors (Lipinski definition) is 2. The summed E-state index contributed by atoms with van der Waals surface area (Å²) < 4.78 is 47.1. The minimum atomic E-state index is -3.58. The van der Waals surface area contributed by atoms with Crippen LogP contribution < -0.4 is 5.73 Å². The van der Waals surface area contributed by atoms with Gasteiger partial charge in [-0.3, -0.25) is 5.41 Å². The summed E-state index contributed by atoms with van der Waals surface area (Å²) in [6.07, 6.45) is 2.35. The highest BCUT2D eigenvalue weighted by atomic mass is 32.2.